The van der Waals surface area contributed by atoms with Crippen molar-refractivity contribution < 1.29 is 24.2 Å². The third-order valence-electron chi connectivity index (χ3n) is 5.20. The number of carbonyl (C=O) groups excluding carboxylic acids is 2. The molecule has 1 unspecified atom stereocenters. The number of Topliss-reactive ketones (excluding diaryl/α,β-unsaturated/α-hetero) is 1. The maximum Gasteiger partial charge on any atom is 0.295 e. The monoisotopic (exact) mass is 435 g/mol. The van der Waals surface area contributed by atoms with Crippen LogP contribution in [-0.4, -0.2) is 35.9 Å². The molecular formula is C24H21NO5S. The summed E-state index contributed by atoms with van der Waals surface area (Å²) in [6.45, 7) is 0.201. The molecule has 2 heterocycles. The Morgan fingerprint density at radius 3 is 2.55 bits per heavy atom. The van der Waals surface area contributed by atoms with Gasteiger partial charge in [-0.15, -0.1) is 11.3 Å². The average molecular weight is 436 g/mol. The molecule has 0 bridgehead atoms. The molecule has 2 aromatic carbocycles. The van der Waals surface area contributed by atoms with Gasteiger partial charge in [-0.25, -0.2) is 0 Å². The zero-order valence-corrected chi connectivity index (χ0v) is 17.9. The summed E-state index contributed by atoms with van der Waals surface area (Å²) in [7, 11) is 3.06. The third-order valence-corrected chi connectivity index (χ3v) is 6.13. The minimum atomic E-state index is -0.718. The molecule has 7 heteroatoms. The first-order valence-corrected chi connectivity index (χ1v) is 10.5. The number of ether oxygens (including phenoxy) is 2. The summed E-state index contributed by atoms with van der Waals surface area (Å²) in [5.74, 6) is -0.538. The number of benzene rings is 2. The van der Waals surface area contributed by atoms with Crippen LogP contribution in [-0.2, 0) is 16.1 Å². The molecule has 1 aliphatic rings. The molecule has 1 saturated heterocycles. The lowest BCUT2D eigenvalue weighted by molar-refractivity contribution is -0.140. The summed E-state index contributed by atoms with van der Waals surface area (Å²) in [5, 5.41) is 13.0. The second-order valence-corrected chi connectivity index (χ2v) is 7.97. The molecule has 3 aromatic rings. The Kier molecular flexibility index (Phi) is 5.77. The number of carbonyl (C=O) groups is 2. The predicted molar refractivity (Wildman–Crippen MR) is 118 cm³/mol. The molecule has 1 aliphatic heterocycles. The number of ketones is 1. The van der Waals surface area contributed by atoms with Crippen molar-refractivity contribution in [2.45, 2.75) is 12.6 Å². The summed E-state index contributed by atoms with van der Waals surface area (Å²) in [6, 6.07) is 17.2. The highest BCUT2D eigenvalue weighted by atomic mass is 32.1. The molecule has 1 atom stereocenters. The number of para-hydroxylation sites is 1. The zero-order valence-electron chi connectivity index (χ0n) is 17.1. The van der Waals surface area contributed by atoms with E-state index in [0.29, 0.717) is 17.1 Å². The molecule has 6 nitrogen and oxygen atoms in total. The number of likely N-dealkylation sites (tertiary alicyclic amines) is 1. The van der Waals surface area contributed by atoms with Crippen LogP contribution in [0.2, 0.25) is 0 Å². The van der Waals surface area contributed by atoms with Crippen LogP contribution < -0.4 is 9.47 Å². The maximum absolute atomic E-state index is 13.1. The molecule has 0 radical (unpaired) electrons. The first kappa shape index (κ1) is 20.7. The van der Waals surface area contributed by atoms with E-state index in [0.717, 1.165) is 10.4 Å². The van der Waals surface area contributed by atoms with Crippen molar-refractivity contribution in [3.05, 3.63) is 87.6 Å². The largest absolute Gasteiger partial charge is 0.507 e. The van der Waals surface area contributed by atoms with Crippen LogP contribution in [0.3, 0.4) is 0 Å². The molecule has 31 heavy (non-hydrogen) atoms. The molecule has 1 amide bonds. The van der Waals surface area contributed by atoms with Gasteiger partial charge in [0.2, 0.25) is 0 Å². The van der Waals surface area contributed by atoms with E-state index >= 15 is 0 Å². The van der Waals surface area contributed by atoms with E-state index in [4.69, 9.17) is 9.47 Å². The minimum absolute atomic E-state index is 0.0554. The van der Waals surface area contributed by atoms with E-state index in [2.05, 4.69) is 0 Å². The maximum atomic E-state index is 13.1. The minimum Gasteiger partial charge on any atom is -0.507 e. The summed E-state index contributed by atoms with van der Waals surface area (Å²) in [5.41, 5.74) is 1.24. The Bertz CT molecular complexity index is 1150. The van der Waals surface area contributed by atoms with Gasteiger partial charge >= 0.3 is 0 Å². The van der Waals surface area contributed by atoms with E-state index in [-0.39, 0.29) is 17.9 Å². The van der Waals surface area contributed by atoms with Crippen molar-refractivity contribution in [2.24, 2.45) is 0 Å². The van der Waals surface area contributed by atoms with Crippen LogP contribution >= 0.6 is 11.3 Å². The molecule has 0 spiro atoms. The first-order chi connectivity index (χ1) is 15.0. The van der Waals surface area contributed by atoms with Crippen LogP contribution in [0.15, 0.2) is 71.6 Å². The van der Waals surface area contributed by atoms with Gasteiger partial charge in [0.05, 0.1) is 31.4 Å². The van der Waals surface area contributed by atoms with E-state index < -0.39 is 17.7 Å². The molecule has 0 saturated carbocycles. The fraction of sp³-hybridized carbons (Fsp3) is 0.167. The van der Waals surface area contributed by atoms with Gasteiger partial charge in [0.1, 0.15) is 17.3 Å². The van der Waals surface area contributed by atoms with Crippen LogP contribution in [0.5, 0.6) is 11.5 Å². The number of rotatable bonds is 6. The molecule has 158 valence electrons. The fourth-order valence-electron chi connectivity index (χ4n) is 3.74. The normalized spacial score (nSPS) is 17.7. The van der Waals surface area contributed by atoms with Crippen molar-refractivity contribution in [3.8, 4) is 11.5 Å². The van der Waals surface area contributed by atoms with Gasteiger partial charge in [-0.2, -0.15) is 0 Å². The van der Waals surface area contributed by atoms with Crippen molar-refractivity contribution >= 4 is 28.8 Å². The summed E-state index contributed by atoms with van der Waals surface area (Å²) in [6.07, 6.45) is 0. The van der Waals surface area contributed by atoms with Gasteiger partial charge in [0.25, 0.3) is 11.7 Å². The molecule has 0 aliphatic carbocycles. The van der Waals surface area contributed by atoms with Crippen LogP contribution in [0.4, 0.5) is 0 Å². The molecule has 1 fully saturated rings. The highest BCUT2D eigenvalue weighted by Gasteiger charge is 2.46. The highest BCUT2D eigenvalue weighted by Crippen LogP contribution is 2.43. The van der Waals surface area contributed by atoms with Crippen molar-refractivity contribution in [3.63, 3.8) is 0 Å². The Balaban J connectivity index is 1.84. The second kappa shape index (κ2) is 8.65. The van der Waals surface area contributed by atoms with Gasteiger partial charge in [-0.05, 0) is 41.3 Å². The summed E-state index contributed by atoms with van der Waals surface area (Å²) in [4.78, 5) is 28.4. The third kappa shape index (κ3) is 3.80. The highest BCUT2D eigenvalue weighted by molar-refractivity contribution is 7.10. The number of amides is 1. The molecular weight excluding hydrogens is 414 g/mol. The predicted octanol–water partition coefficient (Wildman–Crippen LogP) is 4.39. The summed E-state index contributed by atoms with van der Waals surface area (Å²) >= 11 is 1.43. The lowest BCUT2D eigenvalue weighted by Gasteiger charge is -2.24. The second-order valence-electron chi connectivity index (χ2n) is 6.99. The van der Waals surface area contributed by atoms with E-state index in [1.807, 2.05) is 41.8 Å². The van der Waals surface area contributed by atoms with E-state index in [1.54, 1.807) is 31.4 Å². The molecule has 1 aromatic heterocycles. The van der Waals surface area contributed by atoms with Crippen LogP contribution in [0.25, 0.3) is 5.76 Å². The number of hydrogen-bond acceptors (Lipinski definition) is 6. The molecule has 4 rings (SSSR count). The Labute approximate surface area is 184 Å². The number of hydrogen-bond donors (Lipinski definition) is 1. The summed E-state index contributed by atoms with van der Waals surface area (Å²) < 4.78 is 10.6. The first-order valence-electron chi connectivity index (χ1n) is 9.63. The van der Waals surface area contributed by atoms with Crippen molar-refractivity contribution in [1.82, 2.24) is 4.90 Å². The van der Waals surface area contributed by atoms with E-state index in [9.17, 15) is 14.7 Å². The van der Waals surface area contributed by atoms with Gasteiger partial charge in [-0.3, -0.25) is 9.59 Å². The van der Waals surface area contributed by atoms with Gasteiger partial charge in [0, 0.05) is 11.4 Å². The Morgan fingerprint density at radius 2 is 1.84 bits per heavy atom. The average Bonchev–Trinajstić information content (AvgIpc) is 3.41. The van der Waals surface area contributed by atoms with Gasteiger partial charge in [-0.1, -0.05) is 30.3 Å². The smallest absolute Gasteiger partial charge is 0.295 e. The van der Waals surface area contributed by atoms with Gasteiger partial charge < -0.3 is 19.5 Å². The van der Waals surface area contributed by atoms with E-state index in [1.165, 1.54) is 23.3 Å². The number of aliphatic hydroxyl groups excluding tert-OH is 1. The van der Waals surface area contributed by atoms with Gasteiger partial charge in [0.15, 0.2) is 0 Å². The molecule has 1 N–H and O–H groups in total. The van der Waals surface area contributed by atoms with Crippen molar-refractivity contribution in [1.29, 1.82) is 0 Å². The quantitative estimate of drug-likeness (QED) is 0.353. The Morgan fingerprint density at radius 1 is 1.03 bits per heavy atom. The van der Waals surface area contributed by atoms with Crippen LogP contribution in [0.1, 0.15) is 22.0 Å². The van der Waals surface area contributed by atoms with Crippen molar-refractivity contribution in [2.75, 3.05) is 14.2 Å². The zero-order chi connectivity index (χ0) is 22.0. The van der Waals surface area contributed by atoms with Crippen LogP contribution in [0, 0.1) is 0 Å². The topological polar surface area (TPSA) is 76.1 Å². The standard InChI is InChI=1S/C24H21NO5S/c1-29-16-8-5-7-15(13-16)14-25-21(19-11-6-12-31-19)20(23(27)24(25)28)22(26)17-9-3-4-10-18(17)30-2/h3-13,21,26H,14H2,1-2H3/b22-20-. The fourth-order valence-corrected chi connectivity index (χ4v) is 4.58. The Hall–Kier alpha value is -3.58. The lowest BCUT2D eigenvalue weighted by Crippen LogP contribution is -2.28. The SMILES string of the molecule is COc1cccc(CN2C(=O)C(=O)/C(=C(\O)c3ccccc3OC)C2c2cccs2)c1. The number of nitrogens with zero attached hydrogens (tertiary/aromatic N) is 1. The number of methoxy groups -OCH3 is 2. The number of thiophene rings is 1. The lowest BCUT2D eigenvalue weighted by atomic mass is 9.99. The number of aliphatic hydroxyl groups is 1.